The largest absolute Gasteiger partial charge is 0.478 e. The molecule has 0 aliphatic heterocycles. The van der Waals surface area contributed by atoms with Crippen LogP contribution in [0, 0.1) is 0 Å². The molecule has 0 saturated heterocycles. The van der Waals surface area contributed by atoms with Crippen LogP contribution in [0.5, 0.6) is 0 Å². The highest BCUT2D eigenvalue weighted by molar-refractivity contribution is 7.89. The van der Waals surface area contributed by atoms with Crippen molar-refractivity contribution in [1.82, 2.24) is 4.72 Å². The summed E-state index contributed by atoms with van der Waals surface area (Å²) in [6.07, 6.45) is 0. The van der Waals surface area contributed by atoms with Gasteiger partial charge >= 0.3 is 5.97 Å². The van der Waals surface area contributed by atoms with Crippen molar-refractivity contribution in [3.05, 3.63) is 65.2 Å². The Morgan fingerprint density at radius 2 is 1.91 bits per heavy atom. The number of hydrogen-bond donors (Lipinski definition) is 2. The Morgan fingerprint density at radius 1 is 1.17 bits per heavy atom. The average Bonchev–Trinajstić information content (AvgIpc) is 2.54. The van der Waals surface area contributed by atoms with E-state index in [2.05, 4.69) is 4.72 Å². The van der Waals surface area contributed by atoms with Gasteiger partial charge in [0.15, 0.2) is 0 Å². The maximum Gasteiger partial charge on any atom is 0.335 e. The maximum absolute atomic E-state index is 12.4. The zero-order valence-corrected chi connectivity index (χ0v) is 13.3. The van der Waals surface area contributed by atoms with Crippen molar-refractivity contribution in [1.29, 1.82) is 0 Å². The topological polar surface area (TPSA) is 92.7 Å². The summed E-state index contributed by atoms with van der Waals surface area (Å²) in [6, 6.07) is 12.7. The molecule has 2 N–H and O–H groups in total. The molecule has 0 aliphatic carbocycles. The van der Waals surface area contributed by atoms with Crippen LogP contribution in [0.3, 0.4) is 0 Å². The molecular weight excluding hydrogens is 318 g/mol. The molecule has 0 aliphatic rings. The van der Waals surface area contributed by atoms with Crippen LogP contribution in [0.4, 0.5) is 0 Å². The number of carboxylic acid groups (broad SMARTS) is 1. The molecule has 0 radical (unpaired) electrons. The fourth-order valence-electron chi connectivity index (χ4n) is 2.11. The van der Waals surface area contributed by atoms with Crippen LogP contribution in [-0.2, 0) is 27.9 Å². The van der Waals surface area contributed by atoms with Crippen LogP contribution in [0.25, 0.3) is 0 Å². The third kappa shape index (κ3) is 4.38. The van der Waals surface area contributed by atoms with Gasteiger partial charge in [0.1, 0.15) is 0 Å². The molecule has 0 aromatic heterocycles. The summed E-state index contributed by atoms with van der Waals surface area (Å²) in [6.45, 7) is 0.191. The minimum atomic E-state index is -3.72. The molecule has 2 aromatic rings. The van der Waals surface area contributed by atoms with E-state index in [0.717, 1.165) is 0 Å². The lowest BCUT2D eigenvalue weighted by molar-refractivity contribution is 0.0696. The average molecular weight is 335 g/mol. The summed E-state index contributed by atoms with van der Waals surface area (Å²) in [7, 11) is -2.23. The van der Waals surface area contributed by atoms with Gasteiger partial charge in [-0.1, -0.05) is 30.3 Å². The first kappa shape index (κ1) is 17.1. The number of nitrogens with one attached hydrogen (secondary N) is 1. The lowest BCUT2D eigenvalue weighted by Gasteiger charge is -2.11. The first-order valence-electron chi connectivity index (χ1n) is 6.83. The van der Waals surface area contributed by atoms with Crippen molar-refractivity contribution in [2.75, 3.05) is 7.11 Å². The fraction of sp³-hybridized carbons (Fsp3) is 0.188. The van der Waals surface area contributed by atoms with Gasteiger partial charge < -0.3 is 9.84 Å². The highest BCUT2D eigenvalue weighted by Gasteiger charge is 2.17. The minimum absolute atomic E-state index is 0.00473. The molecule has 0 fully saturated rings. The number of hydrogen-bond acceptors (Lipinski definition) is 4. The first-order valence-corrected chi connectivity index (χ1v) is 8.31. The van der Waals surface area contributed by atoms with Crippen molar-refractivity contribution in [2.24, 2.45) is 0 Å². The van der Waals surface area contributed by atoms with E-state index in [-0.39, 0.29) is 23.6 Å². The zero-order chi connectivity index (χ0) is 16.9. The van der Waals surface area contributed by atoms with Crippen LogP contribution in [0.2, 0.25) is 0 Å². The number of benzene rings is 2. The molecule has 2 aromatic carbocycles. The number of carbonyl (C=O) groups is 1. The molecule has 0 heterocycles. The summed E-state index contributed by atoms with van der Waals surface area (Å²) in [5.74, 6) is -1.06. The molecule has 23 heavy (non-hydrogen) atoms. The Labute approximate surface area is 134 Å². The molecule has 0 saturated carbocycles. The number of methoxy groups -OCH3 is 1. The number of carboxylic acids is 1. The summed E-state index contributed by atoms with van der Waals surface area (Å²) in [4.78, 5) is 11.1. The van der Waals surface area contributed by atoms with Crippen molar-refractivity contribution < 1.29 is 23.1 Å². The molecule has 0 unspecified atom stereocenters. The Hall–Kier alpha value is -2.22. The standard InChI is InChI=1S/C16H17NO5S/c1-22-11-14-6-2-3-8-15(14)23(20,21)17-10-12-5-4-7-13(9-12)16(18)19/h2-9,17H,10-11H2,1H3,(H,18,19). The van der Waals surface area contributed by atoms with Crippen LogP contribution in [0.15, 0.2) is 53.4 Å². The molecule has 2 rings (SSSR count). The van der Waals surface area contributed by atoms with Gasteiger partial charge in [-0.2, -0.15) is 0 Å². The molecule has 122 valence electrons. The summed E-state index contributed by atoms with van der Waals surface area (Å²) >= 11 is 0. The molecule has 0 spiro atoms. The predicted octanol–water partition coefficient (Wildman–Crippen LogP) is 2.01. The van der Waals surface area contributed by atoms with Crippen LogP contribution in [-0.4, -0.2) is 26.6 Å². The van der Waals surface area contributed by atoms with E-state index in [1.807, 2.05) is 0 Å². The lowest BCUT2D eigenvalue weighted by Crippen LogP contribution is -2.24. The number of rotatable bonds is 7. The SMILES string of the molecule is COCc1ccccc1S(=O)(=O)NCc1cccc(C(=O)O)c1. The van der Waals surface area contributed by atoms with Gasteiger partial charge in [-0.25, -0.2) is 17.9 Å². The zero-order valence-electron chi connectivity index (χ0n) is 12.5. The third-order valence-electron chi connectivity index (χ3n) is 3.20. The summed E-state index contributed by atoms with van der Waals surface area (Å²) in [5, 5.41) is 8.96. The number of ether oxygens (including phenoxy) is 1. The van der Waals surface area contributed by atoms with Gasteiger partial charge in [0.05, 0.1) is 17.1 Å². The highest BCUT2D eigenvalue weighted by Crippen LogP contribution is 2.16. The fourth-order valence-corrected chi connectivity index (χ4v) is 3.35. The van der Waals surface area contributed by atoms with E-state index in [9.17, 15) is 13.2 Å². The van der Waals surface area contributed by atoms with Crippen molar-refractivity contribution in [3.8, 4) is 0 Å². The minimum Gasteiger partial charge on any atom is -0.478 e. The smallest absolute Gasteiger partial charge is 0.335 e. The van der Waals surface area contributed by atoms with Gasteiger partial charge in [0, 0.05) is 13.7 Å². The van der Waals surface area contributed by atoms with Crippen LogP contribution >= 0.6 is 0 Å². The van der Waals surface area contributed by atoms with Crippen molar-refractivity contribution in [2.45, 2.75) is 18.0 Å². The highest BCUT2D eigenvalue weighted by atomic mass is 32.2. The van der Waals surface area contributed by atoms with Gasteiger partial charge in [0.25, 0.3) is 0 Å². The molecular formula is C16H17NO5S. The van der Waals surface area contributed by atoms with E-state index >= 15 is 0 Å². The Kier molecular flexibility index (Phi) is 5.49. The Morgan fingerprint density at radius 3 is 2.61 bits per heavy atom. The maximum atomic E-state index is 12.4. The van der Waals surface area contributed by atoms with Crippen LogP contribution < -0.4 is 4.72 Å². The van der Waals surface area contributed by atoms with Crippen LogP contribution in [0.1, 0.15) is 21.5 Å². The summed E-state index contributed by atoms with van der Waals surface area (Å²) in [5.41, 5.74) is 1.24. The second-order valence-corrected chi connectivity index (χ2v) is 6.61. The van der Waals surface area contributed by atoms with Gasteiger partial charge in [-0.3, -0.25) is 0 Å². The Bertz CT molecular complexity index is 802. The lowest BCUT2D eigenvalue weighted by atomic mass is 10.1. The van der Waals surface area contributed by atoms with Gasteiger partial charge in [-0.05, 0) is 29.3 Å². The van der Waals surface area contributed by atoms with Gasteiger partial charge in [0.2, 0.25) is 10.0 Å². The normalized spacial score (nSPS) is 11.3. The second-order valence-electron chi connectivity index (χ2n) is 4.87. The van der Waals surface area contributed by atoms with E-state index in [0.29, 0.717) is 11.1 Å². The first-order chi connectivity index (χ1) is 10.9. The predicted molar refractivity (Wildman–Crippen MR) is 84.6 cm³/mol. The number of aromatic carboxylic acids is 1. The number of sulfonamides is 1. The van der Waals surface area contributed by atoms with Crippen molar-refractivity contribution >= 4 is 16.0 Å². The molecule has 7 heteroatoms. The van der Waals surface area contributed by atoms with E-state index in [4.69, 9.17) is 9.84 Å². The molecule has 0 bridgehead atoms. The third-order valence-corrected chi connectivity index (χ3v) is 4.70. The molecule has 6 nitrogen and oxygen atoms in total. The van der Waals surface area contributed by atoms with Gasteiger partial charge in [-0.15, -0.1) is 0 Å². The Balaban J connectivity index is 2.19. The van der Waals surface area contributed by atoms with Crippen molar-refractivity contribution in [3.63, 3.8) is 0 Å². The monoisotopic (exact) mass is 335 g/mol. The quantitative estimate of drug-likeness (QED) is 0.807. The molecule has 0 amide bonds. The van der Waals surface area contributed by atoms with E-state index in [1.54, 1.807) is 30.3 Å². The van der Waals surface area contributed by atoms with E-state index < -0.39 is 16.0 Å². The molecule has 0 atom stereocenters. The second kappa shape index (κ2) is 7.36. The van der Waals surface area contributed by atoms with E-state index in [1.165, 1.54) is 25.3 Å². The summed E-state index contributed by atoms with van der Waals surface area (Å²) < 4.78 is 32.4.